The highest BCUT2D eigenvalue weighted by Crippen LogP contribution is 2.30. The Balaban J connectivity index is 2.32. The molecule has 0 aromatic heterocycles. The van der Waals surface area contributed by atoms with Gasteiger partial charge in [-0.3, -0.25) is 4.79 Å². The molecule has 0 aliphatic heterocycles. The van der Waals surface area contributed by atoms with Crippen molar-refractivity contribution in [2.45, 2.75) is 47.4 Å². The molecule has 0 atom stereocenters. The standard InChI is InChI=1S/C14H20N2O5S2/c1-22(18,19)11-5-7-12(8-6-11)23(20,21)16-14(13(15)17)9-3-2-4-10-14/h5-8,16H,2-4,9-10H2,1H3,(H2,15,17). The number of primary amides is 1. The average molecular weight is 360 g/mol. The SMILES string of the molecule is CS(=O)(=O)c1ccc(S(=O)(=O)NC2(C(N)=O)CCCCC2)cc1. The Hall–Kier alpha value is -1.45. The van der Waals surface area contributed by atoms with Crippen LogP contribution in [0.5, 0.6) is 0 Å². The summed E-state index contributed by atoms with van der Waals surface area (Å²) in [5.74, 6) is -0.687. The highest BCUT2D eigenvalue weighted by Gasteiger charge is 2.41. The van der Waals surface area contributed by atoms with Crippen LogP contribution in [0.15, 0.2) is 34.1 Å². The van der Waals surface area contributed by atoms with Crippen molar-refractivity contribution in [2.75, 3.05) is 6.26 Å². The summed E-state index contributed by atoms with van der Waals surface area (Å²) in [6, 6.07) is 4.86. The van der Waals surface area contributed by atoms with E-state index in [-0.39, 0.29) is 9.79 Å². The fraction of sp³-hybridized carbons (Fsp3) is 0.500. The van der Waals surface area contributed by atoms with Crippen molar-refractivity contribution in [3.63, 3.8) is 0 Å². The molecule has 0 saturated heterocycles. The molecule has 128 valence electrons. The van der Waals surface area contributed by atoms with E-state index >= 15 is 0 Å². The molecule has 7 nitrogen and oxygen atoms in total. The van der Waals surface area contributed by atoms with E-state index in [2.05, 4.69) is 4.72 Å². The van der Waals surface area contributed by atoms with Gasteiger partial charge < -0.3 is 5.73 Å². The van der Waals surface area contributed by atoms with Crippen molar-refractivity contribution in [1.82, 2.24) is 4.72 Å². The lowest BCUT2D eigenvalue weighted by atomic mass is 9.82. The number of carbonyl (C=O) groups excluding carboxylic acids is 1. The maximum atomic E-state index is 12.5. The van der Waals surface area contributed by atoms with Crippen LogP contribution in [-0.2, 0) is 24.7 Å². The fourth-order valence-corrected chi connectivity index (χ4v) is 4.80. The molecular formula is C14H20N2O5S2. The van der Waals surface area contributed by atoms with Crippen molar-refractivity contribution in [3.8, 4) is 0 Å². The number of benzene rings is 1. The van der Waals surface area contributed by atoms with Crippen LogP contribution >= 0.6 is 0 Å². The maximum Gasteiger partial charge on any atom is 0.241 e. The fourth-order valence-electron chi connectivity index (χ4n) is 2.74. The van der Waals surface area contributed by atoms with Gasteiger partial charge in [0.1, 0.15) is 5.54 Å². The molecule has 1 aromatic rings. The lowest BCUT2D eigenvalue weighted by molar-refractivity contribution is -0.124. The summed E-state index contributed by atoms with van der Waals surface area (Å²) in [4.78, 5) is 11.7. The summed E-state index contributed by atoms with van der Waals surface area (Å²) >= 11 is 0. The van der Waals surface area contributed by atoms with Crippen molar-refractivity contribution < 1.29 is 21.6 Å². The van der Waals surface area contributed by atoms with Gasteiger partial charge in [-0.2, -0.15) is 4.72 Å². The highest BCUT2D eigenvalue weighted by atomic mass is 32.2. The van der Waals surface area contributed by atoms with E-state index in [0.717, 1.165) is 25.5 Å². The molecule has 1 aliphatic carbocycles. The first-order valence-corrected chi connectivity index (χ1v) is 10.6. The summed E-state index contributed by atoms with van der Waals surface area (Å²) in [5.41, 5.74) is 4.15. The van der Waals surface area contributed by atoms with Gasteiger partial charge in [-0.15, -0.1) is 0 Å². The zero-order valence-electron chi connectivity index (χ0n) is 12.8. The van der Waals surface area contributed by atoms with Crippen molar-refractivity contribution in [2.24, 2.45) is 5.73 Å². The van der Waals surface area contributed by atoms with Crippen LogP contribution in [0.4, 0.5) is 0 Å². The van der Waals surface area contributed by atoms with E-state index in [9.17, 15) is 21.6 Å². The summed E-state index contributed by atoms with van der Waals surface area (Å²) in [6.45, 7) is 0. The summed E-state index contributed by atoms with van der Waals surface area (Å²) < 4.78 is 50.3. The van der Waals surface area contributed by atoms with E-state index in [0.29, 0.717) is 12.8 Å². The number of carbonyl (C=O) groups is 1. The second kappa shape index (κ2) is 6.21. The van der Waals surface area contributed by atoms with Crippen molar-refractivity contribution in [3.05, 3.63) is 24.3 Å². The van der Waals surface area contributed by atoms with E-state index in [1.165, 1.54) is 24.3 Å². The van der Waals surface area contributed by atoms with Gasteiger partial charge in [0.2, 0.25) is 15.9 Å². The molecule has 23 heavy (non-hydrogen) atoms. The normalized spacial score (nSPS) is 18.5. The first-order chi connectivity index (χ1) is 10.6. The largest absolute Gasteiger partial charge is 0.368 e. The lowest BCUT2D eigenvalue weighted by Crippen LogP contribution is -2.58. The van der Waals surface area contributed by atoms with Crippen LogP contribution < -0.4 is 10.5 Å². The highest BCUT2D eigenvalue weighted by molar-refractivity contribution is 7.90. The molecular weight excluding hydrogens is 340 g/mol. The first kappa shape index (κ1) is 17.9. The predicted octanol–water partition coefficient (Wildman–Crippen LogP) is 0.557. The molecule has 1 aliphatic rings. The minimum atomic E-state index is -3.97. The zero-order valence-corrected chi connectivity index (χ0v) is 14.4. The molecule has 0 heterocycles. The third-order valence-electron chi connectivity index (χ3n) is 4.07. The minimum absolute atomic E-state index is 0.0266. The van der Waals surface area contributed by atoms with Crippen LogP contribution in [0.25, 0.3) is 0 Å². The second-order valence-electron chi connectivity index (χ2n) is 5.86. The Morgan fingerprint density at radius 3 is 1.91 bits per heavy atom. The van der Waals surface area contributed by atoms with Gasteiger partial charge in [0.25, 0.3) is 0 Å². The van der Waals surface area contributed by atoms with E-state index < -0.39 is 31.3 Å². The van der Waals surface area contributed by atoms with Gasteiger partial charge >= 0.3 is 0 Å². The summed E-state index contributed by atoms with van der Waals surface area (Å²) in [6.07, 6.45) is 4.14. The average Bonchev–Trinajstić information content (AvgIpc) is 2.47. The molecule has 3 N–H and O–H groups in total. The number of amides is 1. The Bertz CT molecular complexity index is 792. The van der Waals surface area contributed by atoms with E-state index in [4.69, 9.17) is 5.73 Å². The number of hydrogen-bond donors (Lipinski definition) is 2. The molecule has 1 amide bonds. The Morgan fingerprint density at radius 2 is 1.48 bits per heavy atom. The molecule has 2 rings (SSSR count). The monoisotopic (exact) mass is 360 g/mol. The van der Waals surface area contributed by atoms with E-state index in [1.807, 2.05) is 0 Å². The Labute approximate surface area is 136 Å². The van der Waals surface area contributed by atoms with Gasteiger partial charge in [-0.25, -0.2) is 16.8 Å². The number of nitrogens with two attached hydrogens (primary N) is 1. The number of hydrogen-bond acceptors (Lipinski definition) is 5. The minimum Gasteiger partial charge on any atom is -0.368 e. The molecule has 0 radical (unpaired) electrons. The Kier molecular flexibility index (Phi) is 4.84. The first-order valence-electron chi connectivity index (χ1n) is 7.21. The quantitative estimate of drug-likeness (QED) is 0.794. The molecule has 1 fully saturated rings. The number of rotatable bonds is 5. The summed E-state index contributed by atoms with van der Waals surface area (Å²) in [5, 5.41) is 0. The van der Waals surface area contributed by atoms with Gasteiger partial charge in [-0.05, 0) is 37.1 Å². The number of sulfone groups is 1. The molecule has 0 unspecified atom stereocenters. The maximum absolute atomic E-state index is 12.5. The molecule has 0 spiro atoms. The molecule has 1 aromatic carbocycles. The molecule has 9 heteroatoms. The Morgan fingerprint density at radius 1 is 1.00 bits per heavy atom. The van der Waals surface area contributed by atoms with Crippen LogP contribution in [0.2, 0.25) is 0 Å². The van der Waals surface area contributed by atoms with Crippen molar-refractivity contribution in [1.29, 1.82) is 0 Å². The number of nitrogens with one attached hydrogen (secondary N) is 1. The third kappa shape index (κ3) is 3.91. The molecule has 1 saturated carbocycles. The predicted molar refractivity (Wildman–Crippen MR) is 84.9 cm³/mol. The van der Waals surface area contributed by atoms with Crippen LogP contribution in [0, 0.1) is 0 Å². The number of sulfonamides is 1. The van der Waals surface area contributed by atoms with Gasteiger partial charge in [0, 0.05) is 6.26 Å². The molecule has 0 bridgehead atoms. The van der Waals surface area contributed by atoms with Crippen LogP contribution in [0.1, 0.15) is 32.1 Å². The van der Waals surface area contributed by atoms with Crippen LogP contribution in [-0.4, -0.2) is 34.5 Å². The van der Waals surface area contributed by atoms with Crippen molar-refractivity contribution >= 4 is 25.8 Å². The van der Waals surface area contributed by atoms with Gasteiger partial charge in [0.15, 0.2) is 9.84 Å². The zero-order chi connectivity index (χ0) is 17.3. The topological polar surface area (TPSA) is 123 Å². The summed E-state index contributed by atoms with van der Waals surface area (Å²) in [7, 11) is -7.38. The second-order valence-corrected chi connectivity index (χ2v) is 9.55. The van der Waals surface area contributed by atoms with Gasteiger partial charge in [0.05, 0.1) is 9.79 Å². The lowest BCUT2D eigenvalue weighted by Gasteiger charge is -2.34. The van der Waals surface area contributed by atoms with Gasteiger partial charge in [-0.1, -0.05) is 19.3 Å². The van der Waals surface area contributed by atoms with E-state index in [1.54, 1.807) is 0 Å². The smallest absolute Gasteiger partial charge is 0.241 e. The van der Waals surface area contributed by atoms with Crippen LogP contribution in [0.3, 0.4) is 0 Å². The third-order valence-corrected chi connectivity index (χ3v) is 6.75.